The molecule has 0 radical (unpaired) electrons. The standard InChI is InChI=1S/C17H13ClFN3O2/c18-12-6-2-4-8-14(12)20-15(23)9-10-16-21-22-17(24-16)11-5-1-3-7-13(11)19/h1-8H,9-10H2,(H,20,23). The van der Waals surface area contributed by atoms with Gasteiger partial charge < -0.3 is 9.73 Å². The van der Waals surface area contributed by atoms with Gasteiger partial charge >= 0.3 is 0 Å². The Labute approximate surface area is 142 Å². The molecule has 0 fully saturated rings. The van der Waals surface area contributed by atoms with Crippen LogP contribution in [0.15, 0.2) is 52.9 Å². The molecule has 0 saturated heterocycles. The average molecular weight is 346 g/mol. The quantitative estimate of drug-likeness (QED) is 0.756. The number of benzene rings is 2. The molecule has 0 bridgehead atoms. The molecule has 3 rings (SSSR count). The first-order valence-corrected chi connectivity index (χ1v) is 7.63. The third-order valence-electron chi connectivity index (χ3n) is 3.28. The Morgan fingerprint density at radius 2 is 1.88 bits per heavy atom. The van der Waals surface area contributed by atoms with Crippen LogP contribution in [0.1, 0.15) is 12.3 Å². The van der Waals surface area contributed by atoms with Gasteiger partial charge in [0.05, 0.1) is 16.3 Å². The molecular weight excluding hydrogens is 333 g/mol. The first-order valence-electron chi connectivity index (χ1n) is 7.25. The second-order valence-electron chi connectivity index (χ2n) is 5.01. The zero-order valence-corrected chi connectivity index (χ0v) is 13.3. The van der Waals surface area contributed by atoms with Gasteiger partial charge in [-0.1, -0.05) is 35.9 Å². The van der Waals surface area contributed by atoms with Crippen molar-refractivity contribution in [1.82, 2.24) is 10.2 Å². The third kappa shape index (κ3) is 3.78. The number of rotatable bonds is 5. The molecule has 7 heteroatoms. The van der Waals surface area contributed by atoms with Crippen molar-refractivity contribution < 1.29 is 13.6 Å². The monoisotopic (exact) mass is 345 g/mol. The molecule has 0 saturated carbocycles. The van der Waals surface area contributed by atoms with E-state index in [4.69, 9.17) is 16.0 Å². The van der Waals surface area contributed by atoms with Crippen molar-refractivity contribution in [2.75, 3.05) is 5.32 Å². The van der Waals surface area contributed by atoms with Gasteiger partial charge in [-0.25, -0.2) is 4.39 Å². The Hall–Kier alpha value is -2.73. The highest BCUT2D eigenvalue weighted by molar-refractivity contribution is 6.33. The largest absolute Gasteiger partial charge is 0.421 e. The van der Waals surface area contributed by atoms with Crippen LogP contribution in [0.5, 0.6) is 0 Å². The van der Waals surface area contributed by atoms with Crippen molar-refractivity contribution in [2.45, 2.75) is 12.8 Å². The number of amides is 1. The van der Waals surface area contributed by atoms with Gasteiger partial charge in [-0.15, -0.1) is 10.2 Å². The zero-order chi connectivity index (χ0) is 16.9. The molecule has 2 aromatic carbocycles. The molecule has 24 heavy (non-hydrogen) atoms. The maximum Gasteiger partial charge on any atom is 0.250 e. The van der Waals surface area contributed by atoms with Gasteiger partial charge in [0.2, 0.25) is 11.8 Å². The topological polar surface area (TPSA) is 68.0 Å². The van der Waals surface area contributed by atoms with Crippen LogP contribution in [0.25, 0.3) is 11.5 Å². The second kappa shape index (κ2) is 7.23. The molecule has 0 atom stereocenters. The van der Waals surface area contributed by atoms with Gasteiger partial charge in [0.1, 0.15) is 5.82 Å². The number of carbonyl (C=O) groups is 1. The highest BCUT2D eigenvalue weighted by Gasteiger charge is 2.13. The Bertz CT molecular complexity index is 866. The number of para-hydroxylation sites is 1. The van der Waals surface area contributed by atoms with Gasteiger partial charge in [0.15, 0.2) is 0 Å². The van der Waals surface area contributed by atoms with E-state index in [0.29, 0.717) is 10.7 Å². The fraction of sp³-hybridized carbons (Fsp3) is 0.118. The summed E-state index contributed by atoms with van der Waals surface area (Å²) in [5, 5.41) is 10.8. The molecular formula is C17H13ClFN3O2. The van der Waals surface area contributed by atoms with E-state index in [1.807, 2.05) is 0 Å². The van der Waals surface area contributed by atoms with Crippen LogP contribution in [-0.4, -0.2) is 16.1 Å². The Morgan fingerprint density at radius 1 is 1.12 bits per heavy atom. The van der Waals surface area contributed by atoms with Crippen LogP contribution in [0.2, 0.25) is 5.02 Å². The number of anilines is 1. The smallest absolute Gasteiger partial charge is 0.250 e. The summed E-state index contributed by atoms with van der Waals surface area (Å²) in [6, 6.07) is 13.1. The summed E-state index contributed by atoms with van der Waals surface area (Å²) in [6.07, 6.45) is 0.391. The van der Waals surface area contributed by atoms with Gasteiger partial charge in [0.25, 0.3) is 5.89 Å². The van der Waals surface area contributed by atoms with E-state index in [2.05, 4.69) is 15.5 Å². The molecule has 0 aliphatic carbocycles. The molecule has 0 aliphatic rings. The van der Waals surface area contributed by atoms with Crippen molar-refractivity contribution in [1.29, 1.82) is 0 Å². The van der Waals surface area contributed by atoms with Crippen LogP contribution in [0.4, 0.5) is 10.1 Å². The van der Waals surface area contributed by atoms with Crippen molar-refractivity contribution in [2.24, 2.45) is 0 Å². The minimum Gasteiger partial charge on any atom is -0.421 e. The lowest BCUT2D eigenvalue weighted by Gasteiger charge is -2.05. The van der Waals surface area contributed by atoms with E-state index in [9.17, 15) is 9.18 Å². The van der Waals surface area contributed by atoms with E-state index < -0.39 is 5.82 Å². The van der Waals surface area contributed by atoms with Crippen LogP contribution >= 0.6 is 11.6 Å². The van der Waals surface area contributed by atoms with Crippen LogP contribution in [0, 0.1) is 5.82 Å². The molecule has 3 aromatic rings. The summed E-state index contributed by atoms with van der Waals surface area (Å²) in [7, 11) is 0. The molecule has 0 aliphatic heterocycles. The molecule has 1 aromatic heterocycles. The van der Waals surface area contributed by atoms with Crippen molar-refractivity contribution in [3.05, 3.63) is 65.3 Å². The predicted octanol–water partition coefficient (Wildman–Crippen LogP) is 4.10. The van der Waals surface area contributed by atoms with E-state index in [1.165, 1.54) is 6.07 Å². The van der Waals surface area contributed by atoms with Crippen LogP contribution in [-0.2, 0) is 11.2 Å². The molecule has 0 spiro atoms. The average Bonchev–Trinajstić information content (AvgIpc) is 3.04. The molecule has 5 nitrogen and oxygen atoms in total. The van der Waals surface area contributed by atoms with Crippen LogP contribution < -0.4 is 5.32 Å². The highest BCUT2D eigenvalue weighted by atomic mass is 35.5. The number of aryl methyl sites for hydroxylation is 1. The van der Waals surface area contributed by atoms with E-state index in [-0.39, 0.29) is 36.1 Å². The number of aromatic nitrogens is 2. The summed E-state index contributed by atoms with van der Waals surface area (Å²) < 4.78 is 19.1. The molecule has 1 N–H and O–H groups in total. The van der Waals surface area contributed by atoms with Gasteiger partial charge in [-0.3, -0.25) is 4.79 Å². The van der Waals surface area contributed by atoms with E-state index in [1.54, 1.807) is 42.5 Å². The van der Waals surface area contributed by atoms with Crippen molar-refractivity contribution >= 4 is 23.2 Å². The summed E-state index contributed by atoms with van der Waals surface area (Å²) in [5.41, 5.74) is 0.776. The van der Waals surface area contributed by atoms with Gasteiger partial charge in [-0.2, -0.15) is 0 Å². The number of nitrogens with one attached hydrogen (secondary N) is 1. The SMILES string of the molecule is O=C(CCc1nnc(-c2ccccc2F)o1)Nc1ccccc1Cl. The van der Waals surface area contributed by atoms with Crippen molar-refractivity contribution in [3.63, 3.8) is 0 Å². The lowest BCUT2D eigenvalue weighted by atomic mass is 10.2. The first kappa shape index (κ1) is 16.1. The normalized spacial score (nSPS) is 10.6. The Kier molecular flexibility index (Phi) is 4.86. The molecule has 1 amide bonds. The number of nitrogens with zero attached hydrogens (tertiary/aromatic N) is 2. The Morgan fingerprint density at radius 3 is 2.67 bits per heavy atom. The highest BCUT2D eigenvalue weighted by Crippen LogP contribution is 2.22. The summed E-state index contributed by atoms with van der Waals surface area (Å²) in [5.74, 6) is -0.310. The van der Waals surface area contributed by atoms with Gasteiger partial charge in [-0.05, 0) is 24.3 Å². The number of halogens is 2. The number of carbonyl (C=O) groups excluding carboxylic acids is 1. The zero-order valence-electron chi connectivity index (χ0n) is 12.5. The minimum atomic E-state index is -0.441. The molecule has 1 heterocycles. The molecule has 0 unspecified atom stereocenters. The number of hydrogen-bond acceptors (Lipinski definition) is 4. The summed E-state index contributed by atoms with van der Waals surface area (Å²) >= 11 is 5.98. The third-order valence-corrected chi connectivity index (χ3v) is 3.61. The second-order valence-corrected chi connectivity index (χ2v) is 5.42. The maximum absolute atomic E-state index is 13.7. The fourth-order valence-corrected chi connectivity index (χ4v) is 2.28. The van der Waals surface area contributed by atoms with Gasteiger partial charge in [0, 0.05) is 12.8 Å². The van der Waals surface area contributed by atoms with Crippen molar-refractivity contribution in [3.8, 4) is 11.5 Å². The summed E-state index contributed by atoms with van der Waals surface area (Å²) in [6.45, 7) is 0. The maximum atomic E-state index is 13.7. The Balaban J connectivity index is 1.61. The van der Waals surface area contributed by atoms with E-state index in [0.717, 1.165) is 0 Å². The summed E-state index contributed by atoms with van der Waals surface area (Å²) in [4.78, 5) is 11.9. The fourth-order valence-electron chi connectivity index (χ4n) is 2.09. The lowest BCUT2D eigenvalue weighted by Crippen LogP contribution is -2.12. The van der Waals surface area contributed by atoms with E-state index >= 15 is 0 Å². The predicted molar refractivity (Wildman–Crippen MR) is 88.1 cm³/mol. The lowest BCUT2D eigenvalue weighted by molar-refractivity contribution is -0.116. The minimum absolute atomic E-state index is 0.0922. The molecule has 122 valence electrons. The number of hydrogen-bond donors (Lipinski definition) is 1. The van der Waals surface area contributed by atoms with Crippen LogP contribution in [0.3, 0.4) is 0 Å². The first-order chi connectivity index (χ1) is 11.6.